The van der Waals surface area contributed by atoms with E-state index < -0.39 is 15.5 Å². The Morgan fingerprint density at radius 1 is 1.38 bits per heavy atom. The molecule has 0 radical (unpaired) electrons. The largest absolute Gasteiger partial charge is 0.483 e. The molecule has 6 heteroatoms. The van der Waals surface area contributed by atoms with Crippen molar-refractivity contribution in [2.45, 2.75) is 0 Å². The molecule has 0 aromatic heterocycles. The van der Waals surface area contributed by atoms with E-state index in [4.69, 9.17) is 13.3 Å². The predicted molar refractivity (Wildman–Crippen MR) is 48.3 cm³/mol. The predicted octanol–water partition coefficient (Wildman–Crippen LogP) is -0.258. The molecule has 76 valence electrons. The molecule has 0 aliphatic rings. The number of ether oxygens (including phenoxy) is 1. The molecule has 0 bridgehead atoms. The Hall–Kier alpha value is -0.693. The van der Waals surface area contributed by atoms with Crippen LogP contribution < -0.4 is 0 Å². The van der Waals surface area contributed by atoms with Crippen LogP contribution in [0.2, 0.25) is 0 Å². The van der Waals surface area contributed by atoms with Crippen molar-refractivity contribution in [3.63, 3.8) is 0 Å². The Labute approximate surface area is 79.2 Å². The highest BCUT2D eigenvalue weighted by Gasteiger charge is 2.10. The summed E-state index contributed by atoms with van der Waals surface area (Å²) >= 11 is 0. The molecule has 0 aromatic carbocycles. The minimum absolute atomic E-state index is 0.182. The minimum Gasteiger partial charge on any atom is -0.460 e. The summed E-state index contributed by atoms with van der Waals surface area (Å²) in [5.41, 5.74) is 0. The molecule has 0 unspecified atom stereocenters. The fourth-order valence-corrected chi connectivity index (χ4v) is 1.33. The van der Waals surface area contributed by atoms with Crippen molar-refractivity contribution in [1.82, 2.24) is 0 Å². The second kappa shape index (κ2) is 7.93. The van der Waals surface area contributed by atoms with Crippen LogP contribution in [-0.4, -0.2) is 42.9 Å². The highest BCUT2D eigenvalue weighted by molar-refractivity contribution is 6.36. The van der Waals surface area contributed by atoms with Crippen molar-refractivity contribution in [3.8, 4) is 0 Å². The second-order valence-corrected chi connectivity index (χ2v) is 3.86. The molecule has 0 spiro atoms. The fraction of sp³-hybridized carbons (Fsp3) is 0.571. The van der Waals surface area contributed by atoms with Crippen LogP contribution in [0, 0.1) is 0 Å². The Bertz CT molecular complexity index is 157. The molecular weight excluding hydrogens is 192 g/mol. The van der Waals surface area contributed by atoms with E-state index in [1.54, 1.807) is 0 Å². The third-order valence-corrected chi connectivity index (χ3v) is 2.41. The van der Waals surface area contributed by atoms with Crippen LogP contribution >= 0.6 is 0 Å². The summed E-state index contributed by atoms with van der Waals surface area (Å²) in [6.07, 6.45) is 1.10. The van der Waals surface area contributed by atoms with Crippen LogP contribution in [0.4, 0.5) is 0 Å². The van der Waals surface area contributed by atoms with Crippen LogP contribution in [0.15, 0.2) is 12.7 Å². The number of rotatable bonds is 7. The molecule has 0 saturated carbocycles. The van der Waals surface area contributed by atoms with E-state index in [1.807, 2.05) is 0 Å². The lowest BCUT2D eigenvalue weighted by Gasteiger charge is -2.10. The van der Waals surface area contributed by atoms with Crippen LogP contribution in [0.5, 0.6) is 0 Å². The molecule has 0 atom stereocenters. The average Bonchev–Trinajstić information content (AvgIpc) is 2.18. The third kappa shape index (κ3) is 6.47. The number of carbonyl (C=O) groups excluding carboxylic acids is 1. The van der Waals surface area contributed by atoms with Crippen LogP contribution in [0.3, 0.4) is 0 Å². The molecule has 0 amide bonds. The first kappa shape index (κ1) is 12.3. The lowest BCUT2D eigenvalue weighted by Crippen LogP contribution is -2.26. The monoisotopic (exact) mass is 206 g/mol. The Morgan fingerprint density at radius 3 is 2.46 bits per heavy atom. The molecule has 0 aliphatic heterocycles. The molecule has 0 aliphatic carbocycles. The number of hydrogen-bond donors (Lipinski definition) is 0. The van der Waals surface area contributed by atoms with E-state index >= 15 is 0 Å². The lowest BCUT2D eigenvalue weighted by molar-refractivity contribution is -0.138. The zero-order valence-corrected chi connectivity index (χ0v) is 8.97. The average molecular weight is 206 g/mol. The smallest absolute Gasteiger partial charge is 0.460 e. The van der Waals surface area contributed by atoms with Gasteiger partial charge in [-0.1, -0.05) is 6.58 Å². The van der Waals surface area contributed by atoms with Gasteiger partial charge in [0.15, 0.2) is 0 Å². The van der Waals surface area contributed by atoms with Gasteiger partial charge in [-0.25, -0.2) is 4.79 Å². The summed E-state index contributed by atoms with van der Waals surface area (Å²) in [7, 11) is 1.04. The van der Waals surface area contributed by atoms with Crippen molar-refractivity contribution in [2.24, 2.45) is 0 Å². The van der Waals surface area contributed by atoms with Crippen LogP contribution in [0.25, 0.3) is 0 Å². The van der Waals surface area contributed by atoms with Crippen molar-refractivity contribution >= 4 is 15.5 Å². The summed E-state index contributed by atoms with van der Waals surface area (Å²) < 4.78 is 19.5. The second-order valence-electron chi connectivity index (χ2n) is 2.00. The third-order valence-electron chi connectivity index (χ3n) is 1.13. The molecule has 0 heterocycles. The summed E-state index contributed by atoms with van der Waals surface area (Å²) in [5.74, 6) is -0.461. The van der Waals surface area contributed by atoms with Gasteiger partial charge in [0, 0.05) is 20.3 Å². The molecule has 0 aromatic rings. The van der Waals surface area contributed by atoms with Gasteiger partial charge in [-0.3, -0.25) is 0 Å². The van der Waals surface area contributed by atoms with Gasteiger partial charge in [0.05, 0.1) is 6.61 Å². The van der Waals surface area contributed by atoms with Gasteiger partial charge in [0.1, 0.15) is 6.61 Å². The van der Waals surface area contributed by atoms with Crippen molar-refractivity contribution in [1.29, 1.82) is 0 Å². The molecule has 0 N–H and O–H groups in total. The van der Waals surface area contributed by atoms with Gasteiger partial charge in [0.25, 0.3) is 0 Å². The van der Waals surface area contributed by atoms with Crippen LogP contribution in [-0.2, 0) is 22.8 Å². The van der Waals surface area contributed by atoms with Gasteiger partial charge < -0.3 is 18.0 Å². The first-order valence-electron chi connectivity index (χ1n) is 3.71. The van der Waals surface area contributed by atoms with E-state index in [9.17, 15) is 4.79 Å². The van der Waals surface area contributed by atoms with E-state index in [1.165, 1.54) is 14.2 Å². The van der Waals surface area contributed by atoms with E-state index in [2.05, 4.69) is 11.3 Å². The Morgan fingerprint density at radius 2 is 2.00 bits per heavy atom. The lowest BCUT2D eigenvalue weighted by atomic mass is 10.6. The normalized spacial score (nSPS) is 10.1. The minimum atomic E-state index is -1.98. The van der Waals surface area contributed by atoms with Gasteiger partial charge in [-0.2, -0.15) is 0 Å². The van der Waals surface area contributed by atoms with Crippen molar-refractivity contribution in [3.05, 3.63) is 12.7 Å². The molecule has 13 heavy (non-hydrogen) atoms. The zero-order valence-electron chi connectivity index (χ0n) is 7.82. The van der Waals surface area contributed by atoms with E-state index in [0.717, 1.165) is 6.08 Å². The van der Waals surface area contributed by atoms with Crippen LogP contribution in [0.1, 0.15) is 0 Å². The maximum atomic E-state index is 10.5. The summed E-state index contributed by atoms with van der Waals surface area (Å²) in [5, 5.41) is 0. The fourth-order valence-electron chi connectivity index (χ4n) is 0.578. The first-order chi connectivity index (χ1) is 6.24. The topological polar surface area (TPSA) is 54.0 Å². The molecule has 0 rings (SSSR count). The number of hydrogen-bond acceptors (Lipinski definition) is 5. The zero-order chi connectivity index (χ0) is 10.1. The molecule has 0 saturated heterocycles. The molecule has 0 fully saturated rings. The summed E-state index contributed by atoms with van der Waals surface area (Å²) in [6, 6.07) is 0. The Kier molecular flexibility index (Phi) is 7.51. The summed E-state index contributed by atoms with van der Waals surface area (Å²) in [6.45, 7) is 3.71. The van der Waals surface area contributed by atoms with Crippen molar-refractivity contribution < 1.29 is 22.8 Å². The molecular formula is C7H14O5Si. The van der Waals surface area contributed by atoms with Crippen molar-refractivity contribution in [2.75, 3.05) is 27.4 Å². The number of esters is 1. The van der Waals surface area contributed by atoms with Gasteiger partial charge in [-0.05, 0) is 0 Å². The standard InChI is InChI=1S/C7H14O5Si/c1-4-7(8)11-5-6-12-13(9-2)10-3/h4,13H,1,5-6H2,2-3H3. The SMILES string of the molecule is C=CC(=O)OCCO[SiH](OC)OC. The Balaban J connectivity index is 3.33. The maximum Gasteiger partial charge on any atom is 0.483 e. The summed E-state index contributed by atoms with van der Waals surface area (Å²) in [4.78, 5) is 10.5. The highest BCUT2D eigenvalue weighted by Crippen LogP contribution is 1.88. The maximum absolute atomic E-state index is 10.5. The highest BCUT2D eigenvalue weighted by atomic mass is 28.3. The quantitative estimate of drug-likeness (QED) is 0.249. The van der Waals surface area contributed by atoms with E-state index in [0.29, 0.717) is 0 Å². The van der Waals surface area contributed by atoms with E-state index in [-0.39, 0.29) is 13.2 Å². The first-order valence-corrected chi connectivity index (χ1v) is 5.12. The van der Waals surface area contributed by atoms with Gasteiger partial charge >= 0.3 is 15.5 Å². The van der Waals surface area contributed by atoms with Gasteiger partial charge in [-0.15, -0.1) is 0 Å². The number of carbonyl (C=O) groups is 1. The molecule has 5 nitrogen and oxygen atoms in total. The van der Waals surface area contributed by atoms with Gasteiger partial charge in [0.2, 0.25) is 0 Å².